The lowest BCUT2D eigenvalue weighted by Crippen LogP contribution is -2.24. The van der Waals surface area contributed by atoms with Crippen LogP contribution in [0.1, 0.15) is 17.3 Å². The van der Waals surface area contributed by atoms with Gasteiger partial charge in [0, 0.05) is 5.69 Å². The molecule has 0 fully saturated rings. The molecule has 3 aromatic rings. The zero-order valence-electron chi connectivity index (χ0n) is 14.8. The van der Waals surface area contributed by atoms with Gasteiger partial charge >= 0.3 is 0 Å². The largest absolute Gasteiger partial charge is 0.497 e. The highest BCUT2D eigenvalue weighted by Crippen LogP contribution is 2.29. The first kappa shape index (κ1) is 18.3. The molecule has 0 spiro atoms. The number of H-pyrrole nitrogens is 1. The van der Waals surface area contributed by atoms with Crippen LogP contribution in [0.5, 0.6) is 11.5 Å². The van der Waals surface area contributed by atoms with Gasteiger partial charge in [-0.1, -0.05) is 5.21 Å². The van der Waals surface area contributed by atoms with Gasteiger partial charge in [0.25, 0.3) is 0 Å². The zero-order valence-corrected chi connectivity index (χ0v) is 14.8. The van der Waals surface area contributed by atoms with Crippen LogP contribution in [-0.4, -0.2) is 40.8 Å². The molecule has 9 heteroatoms. The molecule has 0 radical (unpaired) electrons. The molecule has 1 amide bonds. The molecule has 1 atom stereocenters. The van der Waals surface area contributed by atoms with E-state index in [1.807, 2.05) is 0 Å². The molecule has 1 aromatic heterocycles. The summed E-state index contributed by atoms with van der Waals surface area (Å²) in [6, 6.07) is 10.8. The Balaban J connectivity index is 1.88. The quantitative estimate of drug-likeness (QED) is 0.661. The first-order valence-electron chi connectivity index (χ1n) is 8.11. The van der Waals surface area contributed by atoms with Gasteiger partial charge in [0.05, 0.1) is 14.2 Å². The predicted octanol–water partition coefficient (Wildman–Crippen LogP) is 2.32. The van der Waals surface area contributed by atoms with Crippen molar-refractivity contribution < 1.29 is 18.7 Å². The molecule has 1 unspecified atom stereocenters. The first-order valence-corrected chi connectivity index (χ1v) is 8.11. The fourth-order valence-electron chi connectivity index (χ4n) is 2.64. The van der Waals surface area contributed by atoms with Crippen LogP contribution in [-0.2, 0) is 11.2 Å². The van der Waals surface area contributed by atoms with Crippen molar-refractivity contribution in [2.75, 3.05) is 19.5 Å². The number of hydrogen-bond donors (Lipinski definition) is 2. The fourth-order valence-corrected chi connectivity index (χ4v) is 2.64. The third kappa shape index (κ3) is 4.38. The lowest BCUT2D eigenvalue weighted by molar-refractivity contribution is -0.117. The topological polar surface area (TPSA) is 102 Å². The molecule has 0 saturated carbocycles. The molecule has 3 rings (SSSR count). The number of benzene rings is 2. The highest BCUT2D eigenvalue weighted by molar-refractivity contribution is 5.95. The van der Waals surface area contributed by atoms with Crippen molar-refractivity contribution in [2.24, 2.45) is 0 Å². The Morgan fingerprint density at radius 2 is 1.96 bits per heavy atom. The molecular weight excluding hydrogens is 353 g/mol. The molecule has 2 aromatic carbocycles. The molecule has 27 heavy (non-hydrogen) atoms. The summed E-state index contributed by atoms with van der Waals surface area (Å²) in [5, 5.41) is 16.5. The number of aromatic amines is 1. The van der Waals surface area contributed by atoms with E-state index in [0.717, 1.165) is 5.56 Å². The highest BCUT2D eigenvalue weighted by atomic mass is 19.1. The molecule has 0 aliphatic heterocycles. The third-order valence-corrected chi connectivity index (χ3v) is 4.01. The van der Waals surface area contributed by atoms with Gasteiger partial charge in [-0.25, -0.2) is 4.39 Å². The molecule has 0 bridgehead atoms. The second kappa shape index (κ2) is 8.26. The summed E-state index contributed by atoms with van der Waals surface area (Å²) in [5.41, 5.74) is 1.22. The van der Waals surface area contributed by atoms with Crippen LogP contribution >= 0.6 is 0 Å². The summed E-state index contributed by atoms with van der Waals surface area (Å²) in [5.74, 6) is 0.00138. The van der Waals surface area contributed by atoms with E-state index < -0.39 is 5.92 Å². The molecule has 2 N–H and O–H groups in total. The fraction of sp³-hybridized carbons (Fsp3) is 0.222. The number of nitrogens with one attached hydrogen (secondary N) is 2. The van der Waals surface area contributed by atoms with Gasteiger partial charge in [-0.2, -0.15) is 5.21 Å². The van der Waals surface area contributed by atoms with Crippen molar-refractivity contribution in [1.29, 1.82) is 0 Å². The van der Waals surface area contributed by atoms with Crippen molar-refractivity contribution in [1.82, 2.24) is 20.6 Å². The van der Waals surface area contributed by atoms with E-state index in [1.54, 1.807) is 32.4 Å². The Morgan fingerprint density at radius 1 is 1.19 bits per heavy atom. The van der Waals surface area contributed by atoms with Crippen molar-refractivity contribution in [3.63, 3.8) is 0 Å². The van der Waals surface area contributed by atoms with Crippen molar-refractivity contribution in [2.45, 2.75) is 12.3 Å². The van der Waals surface area contributed by atoms with Crippen molar-refractivity contribution >= 4 is 11.6 Å². The lowest BCUT2D eigenvalue weighted by atomic mass is 9.96. The second-order valence-electron chi connectivity index (χ2n) is 5.70. The number of methoxy groups -OCH3 is 2. The van der Waals surface area contributed by atoms with E-state index in [0.29, 0.717) is 17.2 Å². The average Bonchev–Trinajstić information content (AvgIpc) is 3.22. The van der Waals surface area contributed by atoms with E-state index in [2.05, 4.69) is 25.9 Å². The van der Waals surface area contributed by atoms with E-state index >= 15 is 0 Å². The number of carbonyl (C=O) groups is 1. The van der Waals surface area contributed by atoms with E-state index in [-0.39, 0.29) is 24.0 Å². The molecular formula is C18H18FN5O3. The number of hydrogen-bond acceptors (Lipinski definition) is 6. The van der Waals surface area contributed by atoms with Crippen LogP contribution in [0.25, 0.3) is 0 Å². The number of amides is 1. The number of ether oxygens (including phenoxy) is 2. The van der Waals surface area contributed by atoms with Gasteiger partial charge in [-0.05, 0) is 54.4 Å². The van der Waals surface area contributed by atoms with Crippen LogP contribution < -0.4 is 14.8 Å². The lowest BCUT2D eigenvalue weighted by Gasteiger charge is -2.16. The van der Waals surface area contributed by atoms with E-state index in [4.69, 9.17) is 9.47 Å². The maximum atomic E-state index is 13.1. The van der Waals surface area contributed by atoms with Gasteiger partial charge < -0.3 is 14.8 Å². The molecule has 0 aliphatic carbocycles. The number of nitrogens with zero attached hydrogens (tertiary/aromatic N) is 3. The standard InChI is InChI=1S/C18H18FN5O3/c1-26-14-7-8-16(27-2)11(9-14)10-15(17-21-23-24-22-17)18(25)20-13-5-3-12(19)4-6-13/h3-9,15H,10H2,1-2H3,(H,20,25)(H,21,22,23,24). The number of halogens is 1. The van der Waals surface area contributed by atoms with Gasteiger partial charge in [0.15, 0.2) is 5.82 Å². The van der Waals surface area contributed by atoms with Crippen LogP contribution in [0, 0.1) is 5.82 Å². The molecule has 0 aliphatic rings. The van der Waals surface area contributed by atoms with Gasteiger partial charge in [-0.15, -0.1) is 10.2 Å². The summed E-state index contributed by atoms with van der Waals surface area (Å²) in [4.78, 5) is 12.9. The number of tetrazole rings is 1. The summed E-state index contributed by atoms with van der Waals surface area (Å²) < 4.78 is 23.7. The molecule has 140 valence electrons. The highest BCUT2D eigenvalue weighted by Gasteiger charge is 2.27. The number of carbonyl (C=O) groups excluding carboxylic acids is 1. The van der Waals surface area contributed by atoms with Gasteiger partial charge in [0.2, 0.25) is 5.91 Å². The van der Waals surface area contributed by atoms with Crippen LogP contribution in [0.2, 0.25) is 0 Å². The zero-order chi connectivity index (χ0) is 19.2. The van der Waals surface area contributed by atoms with Gasteiger partial charge in [-0.3, -0.25) is 4.79 Å². The Bertz CT molecular complexity index is 900. The Labute approximate surface area is 154 Å². The number of aromatic nitrogens is 4. The van der Waals surface area contributed by atoms with Crippen LogP contribution in [0.15, 0.2) is 42.5 Å². The summed E-state index contributed by atoms with van der Waals surface area (Å²) in [6.45, 7) is 0. The minimum atomic E-state index is -0.741. The van der Waals surface area contributed by atoms with Crippen LogP contribution in [0.3, 0.4) is 0 Å². The molecule has 1 heterocycles. The summed E-state index contributed by atoms with van der Waals surface area (Å²) >= 11 is 0. The summed E-state index contributed by atoms with van der Waals surface area (Å²) in [6.07, 6.45) is 0.257. The predicted molar refractivity (Wildman–Crippen MR) is 95.2 cm³/mol. The van der Waals surface area contributed by atoms with Gasteiger partial charge in [0.1, 0.15) is 23.2 Å². The molecule has 8 nitrogen and oxygen atoms in total. The maximum Gasteiger partial charge on any atom is 0.235 e. The summed E-state index contributed by atoms with van der Waals surface area (Å²) in [7, 11) is 3.11. The van der Waals surface area contributed by atoms with E-state index in [9.17, 15) is 9.18 Å². The monoisotopic (exact) mass is 371 g/mol. The normalized spacial score (nSPS) is 11.7. The Kier molecular flexibility index (Phi) is 5.60. The SMILES string of the molecule is COc1ccc(OC)c(CC(C(=O)Nc2ccc(F)cc2)c2nn[nH]n2)c1. The second-order valence-corrected chi connectivity index (χ2v) is 5.70. The van der Waals surface area contributed by atoms with Crippen molar-refractivity contribution in [3.05, 3.63) is 59.7 Å². The van der Waals surface area contributed by atoms with E-state index in [1.165, 1.54) is 24.3 Å². The van der Waals surface area contributed by atoms with Crippen molar-refractivity contribution in [3.8, 4) is 11.5 Å². The Morgan fingerprint density at radius 3 is 2.59 bits per heavy atom. The third-order valence-electron chi connectivity index (χ3n) is 4.01. The number of rotatable bonds is 7. The number of anilines is 1. The minimum Gasteiger partial charge on any atom is -0.497 e. The smallest absolute Gasteiger partial charge is 0.235 e. The molecule has 0 saturated heterocycles. The van der Waals surface area contributed by atoms with Crippen LogP contribution in [0.4, 0.5) is 10.1 Å². The minimum absolute atomic E-state index is 0.236. The maximum absolute atomic E-state index is 13.1. The average molecular weight is 371 g/mol. The Hall–Kier alpha value is -3.49. The first-order chi connectivity index (χ1) is 13.1.